The number of allylic oxidation sites excluding steroid dienone is 2. The number of ether oxygens (including phenoxy) is 3. The first-order valence-electron chi connectivity index (χ1n) is 19.7. The number of unbranched alkanes of at least 4 members (excludes halogenated alkanes) is 1. The van der Waals surface area contributed by atoms with E-state index in [-0.39, 0.29) is 45.1 Å². The number of aryl methyl sites for hydroxylation is 2. The summed E-state index contributed by atoms with van der Waals surface area (Å²) in [6, 6.07) is 12.1. The molecular formula is C47H70BrLiO7. The van der Waals surface area contributed by atoms with Gasteiger partial charge in [-0.1, -0.05) is 91.3 Å². The molecule has 0 spiro atoms. The van der Waals surface area contributed by atoms with Gasteiger partial charge in [-0.2, -0.15) is 6.42 Å². The third-order valence-corrected chi connectivity index (χ3v) is 12.0. The summed E-state index contributed by atoms with van der Waals surface area (Å²) in [5.74, 6) is 0.297. The number of hydrogen-bond donors (Lipinski definition) is 1. The second-order valence-electron chi connectivity index (χ2n) is 15.3. The molecule has 0 unspecified atom stereocenters. The van der Waals surface area contributed by atoms with Gasteiger partial charge in [0, 0.05) is 65.8 Å². The smallest absolute Gasteiger partial charge is 0.385 e. The van der Waals surface area contributed by atoms with Crippen molar-refractivity contribution in [3.63, 3.8) is 0 Å². The molecular weight excluding hydrogens is 763 g/mol. The molecule has 2 aromatic rings. The molecule has 2 saturated carbocycles. The number of fused-ring (bicyclic) bond motifs is 3. The Hall–Kier alpha value is -2.15. The molecule has 1 heterocycles. The summed E-state index contributed by atoms with van der Waals surface area (Å²) in [5.41, 5.74) is 4.30. The molecule has 308 valence electrons. The van der Waals surface area contributed by atoms with Gasteiger partial charge in [-0.25, -0.2) is 0 Å². The van der Waals surface area contributed by atoms with Crippen LogP contribution in [0.1, 0.15) is 133 Å². The number of hydrogen-bond acceptors (Lipinski definition) is 7. The summed E-state index contributed by atoms with van der Waals surface area (Å²) in [7, 11) is 3.30. The summed E-state index contributed by atoms with van der Waals surface area (Å²) >= 11 is 3.54. The van der Waals surface area contributed by atoms with Crippen LogP contribution in [-0.4, -0.2) is 63.1 Å². The maximum atomic E-state index is 12.7. The van der Waals surface area contributed by atoms with Gasteiger partial charge in [-0.15, -0.1) is 0 Å². The van der Waals surface area contributed by atoms with E-state index in [4.69, 9.17) is 14.2 Å². The van der Waals surface area contributed by atoms with E-state index in [0.29, 0.717) is 71.0 Å². The Morgan fingerprint density at radius 1 is 0.929 bits per heavy atom. The number of carbonyl (C=O) groups excluding carboxylic acids is 3. The third-order valence-electron chi connectivity index (χ3n) is 11.3. The molecule has 7 nitrogen and oxygen atoms in total. The van der Waals surface area contributed by atoms with Crippen molar-refractivity contribution in [3.8, 4) is 0 Å². The van der Waals surface area contributed by atoms with Gasteiger partial charge < -0.3 is 26.2 Å². The Balaban J connectivity index is 0.000000865. The Kier molecular flexibility index (Phi) is 22.9. The van der Waals surface area contributed by atoms with Crippen LogP contribution in [0.15, 0.2) is 54.0 Å². The van der Waals surface area contributed by atoms with E-state index < -0.39 is 16.4 Å². The number of benzene rings is 2. The Bertz CT molecular complexity index is 1600. The molecule has 0 radical (unpaired) electrons. The van der Waals surface area contributed by atoms with Crippen molar-refractivity contribution in [2.24, 2.45) is 10.8 Å². The van der Waals surface area contributed by atoms with E-state index in [1.54, 1.807) is 14.2 Å². The fourth-order valence-corrected chi connectivity index (χ4v) is 8.72. The van der Waals surface area contributed by atoms with Crippen LogP contribution in [0.25, 0.3) is 11.1 Å². The molecule has 4 aliphatic rings. The average molecular weight is 835 g/mol. The molecule has 0 amide bonds. The summed E-state index contributed by atoms with van der Waals surface area (Å²) in [5, 5.41) is 11.5. The van der Waals surface area contributed by atoms with E-state index in [9.17, 15) is 19.5 Å². The minimum atomic E-state index is -1.05. The zero-order chi connectivity index (χ0) is 39.9. The molecule has 9 heteroatoms. The molecule has 2 aromatic carbocycles. The van der Waals surface area contributed by atoms with Crippen molar-refractivity contribution < 1.29 is 54.0 Å². The van der Waals surface area contributed by atoms with Crippen molar-refractivity contribution in [1.82, 2.24) is 0 Å². The van der Waals surface area contributed by atoms with E-state index in [2.05, 4.69) is 49.0 Å². The second-order valence-corrected chi connectivity index (χ2v) is 16.1. The Morgan fingerprint density at radius 3 is 2.02 bits per heavy atom. The van der Waals surface area contributed by atoms with Crippen molar-refractivity contribution >= 4 is 44.4 Å². The van der Waals surface area contributed by atoms with Crippen molar-refractivity contribution in [2.45, 2.75) is 124 Å². The topological polar surface area (TPSA) is 99.1 Å². The molecule has 6 rings (SSSR count). The number of Topliss-reactive ketones (excluding diaryl/α,β-unsaturated/α-hetero) is 3. The van der Waals surface area contributed by atoms with Crippen LogP contribution in [0.2, 0.25) is 0 Å². The van der Waals surface area contributed by atoms with Gasteiger partial charge in [0.25, 0.3) is 0 Å². The zero-order valence-electron chi connectivity index (χ0n) is 34.6. The van der Waals surface area contributed by atoms with Crippen LogP contribution in [0, 0.1) is 31.6 Å². The van der Waals surface area contributed by atoms with E-state index >= 15 is 0 Å². The molecule has 1 saturated heterocycles. The molecule has 3 fully saturated rings. The van der Waals surface area contributed by atoms with Crippen LogP contribution in [0.3, 0.4) is 0 Å². The van der Waals surface area contributed by atoms with Gasteiger partial charge in [-0.3, -0.25) is 14.4 Å². The van der Waals surface area contributed by atoms with Crippen LogP contribution in [0.5, 0.6) is 0 Å². The number of halogens is 1. The first-order valence-corrected chi connectivity index (χ1v) is 20.5. The van der Waals surface area contributed by atoms with Gasteiger partial charge in [0.15, 0.2) is 0 Å². The summed E-state index contributed by atoms with van der Waals surface area (Å²) in [4.78, 5) is 37.7. The van der Waals surface area contributed by atoms with Gasteiger partial charge >= 0.3 is 18.9 Å². The first kappa shape index (κ1) is 51.9. The summed E-state index contributed by atoms with van der Waals surface area (Å²) < 4.78 is 16.1. The Morgan fingerprint density at radius 2 is 1.48 bits per heavy atom. The van der Waals surface area contributed by atoms with Gasteiger partial charge in [0.05, 0.1) is 10.8 Å². The zero-order valence-corrected chi connectivity index (χ0v) is 36.2. The van der Waals surface area contributed by atoms with E-state index in [0.717, 1.165) is 69.5 Å². The van der Waals surface area contributed by atoms with E-state index in [1.807, 2.05) is 44.2 Å². The number of aliphatic hydroxyl groups is 1. The minimum absolute atomic E-state index is 0. The monoisotopic (exact) mass is 833 g/mol. The molecule has 0 bridgehead atoms. The molecule has 3 aliphatic carbocycles. The predicted octanol–water partition coefficient (Wildman–Crippen LogP) is 8.18. The number of carbonyl (C=O) groups is 3. The van der Waals surface area contributed by atoms with Crippen LogP contribution in [0.4, 0.5) is 0 Å². The van der Waals surface area contributed by atoms with Crippen molar-refractivity contribution in [2.75, 3.05) is 40.6 Å². The quantitative estimate of drug-likeness (QED) is 0.0998. The largest absolute Gasteiger partial charge is 1.00 e. The van der Waals surface area contributed by atoms with Crippen LogP contribution in [-0.2, 0) is 34.2 Å². The van der Waals surface area contributed by atoms with Crippen LogP contribution >= 0.6 is 15.9 Å². The summed E-state index contributed by atoms with van der Waals surface area (Å²) in [6.45, 7) is 21.3. The fourth-order valence-electron chi connectivity index (χ4n) is 8.19. The number of methoxy groups -OCH3 is 2. The predicted molar refractivity (Wildman–Crippen MR) is 231 cm³/mol. The molecule has 0 aromatic heterocycles. The normalized spacial score (nSPS) is 21.5. The van der Waals surface area contributed by atoms with Gasteiger partial charge in [0.2, 0.25) is 0 Å². The summed E-state index contributed by atoms with van der Waals surface area (Å²) in [6.07, 6.45) is 10.1. The molecule has 1 N–H and O–H groups in total. The van der Waals surface area contributed by atoms with E-state index in [1.165, 1.54) is 19.3 Å². The fraction of sp³-hybridized carbons (Fsp3) is 0.574. The minimum Gasteiger partial charge on any atom is -0.385 e. The SMILES string of the molecule is C.C1CCOC1.C=C(CC1(CCCOC)C(=O)CCC1=O)c1cc(C)ccc1Br.C=C1C[C@]2(CCCOC)C(=O)CC[C@]2(O)c2ccc(C)cc21.[2HH].[CH2-]CCC.[Li+]. The molecule has 2 atom stereocenters. The van der Waals surface area contributed by atoms with Crippen molar-refractivity contribution in [1.29, 1.82) is 0 Å². The molecule has 1 aliphatic heterocycles. The average Bonchev–Trinajstić information content (AvgIpc) is 3.89. The standard InChI is InChI=1S/C19H23BrO3.C19H24O3.C4H8O.C4H9.CH4.Li.H2/c1-13-5-6-16(20)15(11-13)14(2)12-19(9-4-10-23-3)17(21)7-8-18(19)22;1-13-5-6-16-15(11-13)14(2)12-18(8-4-10-22-3)17(20)7-9-19(16,18)21;1-2-4-5-3-1;1-3-4-2;;;/h5-6,11H,2,4,7-10,12H2,1,3H3;5-6,11,21H,2,4,7-10,12H2,1,3H3;1-4H2;1,3-4H2,2H3;1H4;;1H/q;;;-1;;+1;/t;18-,19+;;;;;/m.1...../s1/i;;;;;;1+1. The maximum absolute atomic E-state index is 12.7. The van der Waals surface area contributed by atoms with Gasteiger partial charge in [-0.05, 0) is 106 Å². The van der Waals surface area contributed by atoms with Crippen molar-refractivity contribution in [3.05, 3.63) is 88.8 Å². The Labute approximate surface area is 360 Å². The van der Waals surface area contributed by atoms with Crippen LogP contribution < -0.4 is 18.9 Å². The molecule has 56 heavy (non-hydrogen) atoms. The third kappa shape index (κ3) is 12.4. The first-order chi connectivity index (χ1) is 25.8. The number of ketones is 3. The second kappa shape index (κ2) is 24.7. The van der Waals surface area contributed by atoms with Gasteiger partial charge in [0.1, 0.15) is 23.0 Å². The number of rotatable bonds is 12. The maximum Gasteiger partial charge on any atom is 1.00 e.